The summed E-state index contributed by atoms with van der Waals surface area (Å²) in [6, 6.07) is 5.37. The Morgan fingerprint density at radius 1 is 1.27 bits per heavy atom. The van der Waals surface area contributed by atoms with Crippen molar-refractivity contribution in [3.05, 3.63) is 24.3 Å². The number of hydrogen-bond donors (Lipinski definition) is 1. The van der Waals surface area contributed by atoms with Gasteiger partial charge in [-0.15, -0.1) is 0 Å². The number of nitrogens with two attached hydrogens (primary N) is 1. The van der Waals surface area contributed by atoms with Crippen LogP contribution in [0.1, 0.15) is 6.92 Å². The summed E-state index contributed by atoms with van der Waals surface area (Å²) in [7, 11) is -3.98. The van der Waals surface area contributed by atoms with Gasteiger partial charge in [-0.1, -0.05) is 0 Å². The van der Waals surface area contributed by atoms with Crippen LogP contribution in [0.3, 0.4) is 0 Å². The number of anilines is 1. The molecule has 1 rings (SSSR count). The molecule has 7 heteroatoms. The molecule has 0 spiro atoms. The van der Waals surface area contributed by atoms with Crippen molar-refractivity contribution in [1.29, 1.82) is 0 Å². The van der Waals surface area contributed by atoms with E-state index >= 15 is 0 Å². The molecule has 0 heterocycles. The summed E-state index contributed by atoms with van der Waals surface area (Å²) in [5, 5.41) is 0. The number of carbonyl (C=O) groups excluding carboxylic acids is 1. The number of rotatable bonds is 2. The number of hydrogen-bond acceptors (Lipinski definition) is 5. The second-order valence-corrected chi connectivity index (χ2v) is 4.14. The summed E-state index contributed by atoms with van der Waals surface area (Å²) >= 11 is 0. The molecule has 1 aromatic rings. The Kier molecular flexibility index (Phi) is 4.88. The van der Waals surface area contributed by atoms with Crippen molar-refractivity contribution in [3.8, 4) is 0 Å². The van der Waals surface area contributed by atoms with Gasteiger partial charge in [0.05, 0.1) is 0 Å². The van der Waals surface area contributed by atoms with Crippen LogP contribution in [-0.2, 0) is 19.1 Å². The third-order valence-corrected chi connectivity index (χ3v) is 2.70. The van der Waals surface area contributed by atoms with E-state index in [0.717, 1.165) is 6.92 Å². The Balaban J connectivity index is 0.00000196. The molecule has 0 amide bonds. The van der Waals surface area contributed by atoms with Gasteiger partial charge in [0.15, 0.2) is 0 Å². The fourth-order valence-corrected chi connectivity index (χ4v) is 1.71. The Hall–Kier alpha value is -0.963. The van der Waals surface area contributed by atoms with Crippen molar-refractivity contribution in [2.75, 3.05) is 5.73 Å². The van der Waals surface area contributed by atoms with E-state index in [1.165, 1.54) is 24.3 Å². The second kappa shape index (κ2) is 5.21. The molecule has 0 aliphatic heterocycles. The predicted octanol–water partition coefficient (Wildman–Crippen LogP) is -0.128. The zero-order valence-electron chi connectivity index (χ0n) is 7.43. The van der Waals surface area contributed by atoms with E-state index in [9.17, 15) is 13.2 Å². The molecule has 0 aliphatic rings. The van der Waals surface area contributed by atoms with Gasteiger partial charge in [0, 0.05) is 12.6 Å². The fourth-order valence-electron chi connectivity index (χ4n) is 0.837. The van der Waals surface area contributed by atoms with Gasteiger partial charge in [0.25, 0.3) is 0 Å². The van der Waals surface area contributed by atoms with Gasteiger partial charge in [-0.2, -0.15) is 8.42 Å². The first-order valence-electron chi connectivity index (χ1n) is 3.72. The van der Waals surface area contributed by atoms with Crippen LogP contribution in [0, 0.1) is 0 Å². The van der Waals surface area contributed by atoms with Gasteiger partial charge in [0.2, 0.25) is 0 Å². The fraction of sp³-hybridized carbons (Fsp3) is 0.125. The zero-order valence-corrected chi connectivity index (χ0v) is 8.24. The minimum absolute atomic E-state index is 0. The molecule has 5 nitrogen and oxygen atoms in total. The number of nitrogen functional groups attached to an aromatic ring is 1. The molecule has 0 unspecified atom stereocenters. The standard InChI is InChI=1S/C8H9NO4S.Li.H/c1-6(10)13-14(11,12)8-4-2-7(9)3-5-8;;/h2-5H,9H2,1H3;;. The van der Waals surface area contributed by atoms with Gasteiger partial charge < -0.3 is 9.92 Å². The average Bonchev–Trinajstić information content (AvgIpc) is 2.02. The summed E-state index contributed by atoms with van der Waals surface area (Å²) in [4.78, 5) is 10.4. The number of benzene rings is 1. The van der Waals surface area contributed by atoms with Gasteiger partial charge in [0.1, 0.15) is 4.90 Å². The monoisotopic (exact) mass is 223 g/mol. The topological polar surface area (TPSA) is 86.5 Å². The van der Waals surface area contributed by atoms with Gasteiger partial charge in [-0.25, -0.2) is 0 Å². The minimum atomic E-state index is -3.98. The summed E-state index contributed by atoms with van der Waals surface area (Å²) in [5.41, 5.74) is 5.81. The van der Waals surface area contributed by atoms with Crippen molar-refractivity contribution in [2.45, 2.75) is 11.8 Å². The van der Waals surface area contributed by atoms with E-state index in [0.29, 0.717) is 5.69 Å². The van der Waals surface area contributed by atoms with E-state index < -0.39 is 16.1 Å². The molecule has 0 saturated heterocycles. The van der Waals surface area contributed by atoms with Crippen molar-refractivity contribution in [1.82, 2.24) is 0 Å². The Labute approximate surface area is 99.9 Å². The van der Waals surface area contributed by atoms with Crippen molar-refractivity contribution < 1.29 is 17.4 Å². The first kappa shape index (κ1) is 14.0. The summed E-state index contributed by atoms with van der Waals surface area (Å²) in [5.74, 6) is -0.873. The Morgan fingerprint density at radius 2 is 1.73 bits per heavy atom. The van der Waals surface area contributed by atoms with Crippen molar-refractivity contribution >= 4 is 40.6 Å². The molecule has 0 aromatic heterocycles. The molecule has 0 atom stereocenters. The van der Waals surface area contributed by atoms with Crippen LogP contribution < -0.4 is 5.73 Å². The number of carbonyl (C=O) groups is 1. The Bertz CT molecular complexity index is 440. The summed E-state index contributed by atoms with van der Waals surface area (Å²) in [6.45, 7) is 1.02. The molecule has 2 N–H and O–H groups in total. The van der Waals surface area contributed by atoms with Crippen LogP contribution in [-0.4, -0.2) is 33.2 Å². The average molecular weight is 223 g/mol. The van der Waals surface area contributed by atoms with Crippen LogP contribution in [0.2, 0.25) is 0 Å². The third-order valence-electron chi connectivity index (χ3n) is 1.40. The molecule has 78 valence electrons. The zero-order chi connectivity index (χ0) is 10.8. The summed E-state index contributed by atoms with van der Waals surface area (Å²) in [6.07, 6.45) is 0. The normalized spacial score (nSPS) is 10.2. The SMILES string of the molecule is CC(=O)OS(=O)(=O)c1ccc(N)cc1.[LiH]. The third kappa shape index (κ3) is 3.96. The van der Waals surface area contributed by atoms with E-state index in [2.05, 4.69) is 4.18 Å². The molecule has 0 radical (unpaired) electrons. The van der Waals surface area contributed by atoms with Gasteiger partial charge in [-0.05, 0) is 24.3 Å². The molecule has 1 aromatic carbocycles. The maximum absolute atomic E-state index is 11.3. The predicted molar refractivity (Wildman–Crippen MR) is 57.0 cm³/mol. The van der Waals surface area contributed by atoms with E-state index in [1.54, 1.807) is 0 Å². The van der Waals surface area contributed by atoms with E-state index in [4.69, 9.17) is 5.73 Å². The first-order chi connectivity index (χ1) is 6.42. The molecule has 0 bridgehead atoms. The van der Waals surface area contributed by atoms with E-state index in [-0.39, 0.29) is 23.8 Å². The quantitative estimate of drug-likeness (QED) is 0.429. The molecule has 0 saturated carbocycles. The first-order valence-corrected chi connectivity index (χ1v) is 5.13. The van der Waals surface area contributed by atoms with Gasteiger partial charge in [-0.3, -0.25) is 4.79 Å². The van der Waals surface area contributed by atoms with Crippen LogP contribution >= 0.6 is 0 Å². The Morgan fingerprint density at radius 3 is 2.13 bits per heavy atom. The van der Waals surface area contributed by atoms with Crippen molar-refractivity contribution in [2.24, 2.45) is 0 Å². The van der Waals surface area contributed by atoms with Crippen LogP contribution in [0.5, 0.6) is 0 Å². The van der Waals surface area contributed by atoms with Gasteiger partial charge >= 0.3 is 34.9 Å². The second-order valence-electron chi connectivity index (χ2n) is 2.60. The van der Waals surface area contributed by atoms with Crippen LogP contribution in [0.25, 0.3) is 0 Å². The van der Waals surface area contributed by atoms with E-state index in [1.807, 2.05) is 0 Å². The molecular formula is C8H10LiNO4S. The van der Waals surface area contributed by atoms with Crippen molar-refractivity contribution in [3.63, 3.8) is 0 Å². The molecule has 0 aliphatic carbocycles. The van der Waals surface area contributed by atoms with Crippen LogP contribution in [0.4, 0.5) is 5.69 Å². The molecule has 0 fully saturated rings. The maximum atomic E-state index is 11.3. The van der Waals surface area contributed by atoms with Crippen LogP contribution in [0.15, 0.2) is 29.2 Å². The molecule has 15 heavy (non-hydrogen) atoms. The summed E-state index contributed by atoms with van der Waals surface area (Å²) < 4.78 is 26.7. The molecular weight excluding hydrogens is 213 g/mol.